The van der Waals surface area contributed by atoms with Crippen molar-refractivity contribution in [2.75, 3.05) is 7.05 Å². The quantitative estimate of drug-likeness (QED) is 0.882. The van der Waals surface area contributed by atoms with Gasteiger partial charge in [-0.15, -0.1) is 0 Å². The Morgan fingerprint density at radius 2 is 2.20 bits per heavy atom. The average molecular weight is 276 g/mol. The number of hydrogen-bond acceptors (Lipinski definition) is 3. The lowest BCUT2D eigenvalue weighted by molar-refractivity contribution is 0.513. The van der Waals surface area contributed by atoms with Crippen LogP contribution in [0.4, 0.5) is 4.39 Å². The number of benzene rings is 1. The first-order valence-corrected chi connectivity index (χ1v) is 6.95. The molecule has 1 unspecified atom stereocenters. The molecule has 4 nitrogen and oxygen atoms in total. The van der Waals surface area contributed by atoms with Crippen LogP contribution in [0, 0.1) is 12.7 Å². The molecule has 0 saturated heterocycles. The standard InChI is InChI=1S/C15H21FN4/c1-4-7-20-15(18-10-19-20)9-14(17-3)13-8-12(16)6-5-11(13)2/h5-6,8,10,14,17H,4,7,9H2,1-3H3. The van der Waals surface area contributed by atoms with Gasteiger partial charge in [0.15, 0.2) is 0 Å². The second-order valence-corrected chi connectivity index (χ2v) is 4.95. The van der Waals surface area contributed by atoms with Crippen LogP contribution in [0.1, 0.15) is 36.3 Å². The van der Waals surface area contributed by atoms with Crippen LogP contribution in [-0.2, 0) is 13.0 Å². The molecular weight excluding hydrogens is 255 g/mol. The van der Waals surface area contributed by atoms with Gasteiger partial charge in [-0.25, -0.2) is 9.37 Å². The van der Waals surface area contributed by atoms with E-state index in [4.69, 9.17) is 0 Å². The van der Waals surface area contributed by atoms with E-state index < -0.39 is 0 Å². The molecule has 1 aromatic heterocycles. The van der Waals surface area contributed by atoms with Gasteiger partial charge in [0.05, 0.1) is 0 Å². The van der Waals surface area contributed by atoms with E-state index in [1.807, 2.05) is 24.7 Å². The number of rotatable bonds is 6. The van der Waals surface area contributed by atoms with Crippen molar-refractivity contribution in [1.29, 1.82) is 0 Å². The van der Waals surface area contributed by atoms with E-state index >= 15 is 0 Å². The summed E-state index contributed by atoms with van der Waals surface area (Å²) in [6, 6.07) is 4.93. The number of aryl methyl sites for hydroxylation is 2. The number of hydrogen-bond donors (Lipinski definition) is 1. The molecule has 0 spiro atoms. The molecule has 5 heteroatoms. The summed E-state index contributed by atoms with van der Waals surface area (Å²) >= 11 is 0. The molecule has 1 heterocycles. The van der Waals surface area contributed by atoms with Crippen LogP contribution in [0.25, 0.3) is 0 Å². The first kappa shape index (κ1) is 14.7. The first-order chi connectivity index (χ1) is 9.65. The molecule has 1 aromatic carbocycles. The summed E-state index contributed by atoms with van der Waals surface area (Å²) in [5.74, 6) is 0.718. The highest BCUT2D eigenvalue weighted by atomic mass is 19.1. The van der Waals surface area contributed by atoms with E-state index in [0.717, 1.165) is 29.9 Å². The van der Waals surface area contributed by atoms with Gasteiger partial charge in [0.1, 0.15) is 18.0 Å². The van der Waals surface area contributed by atoms with Gasteiger partial charge in [-0.1, -0.05) is 13.0 Å². The summed E-state index contributed by atoms with van der Waals surface area (Å²) in [4.78, 5) is 4.32. The van der Waals surface area contributed by atoms with Crippen LogP contribution in [0.2, 0.25) is 0 Å². The summed E-state index contributed by atoms with van der Waals surface area (Å²) in [7, 11) is 1.88. The van der Waals surface area contributed by atoms with Crippen molar-refractivity contribution in [2.24, 2.45) is 0 Å². The number of halogens is 1. The van der Waals surface area contributed by atoms with Crippen molar-refractivity contribution in [1.82, 2.24) is 20.1 Å². The number of aromatic nitrogens is 3. The zero-order chi connectivity index (χ0) is 14.5. The molecule has 0 aliphatic rings. The smallest absolute Gasteiger partial charge is 0.138 e. The van der Waals surface area contributed by atoms with E-state index in [9.17, 15) is 4.39 Å². The third-order valence-corrected chi connectivity index (χ3v) is 3.48. The maximum atomic E-state index is 13.5. The van der Waals surface area contributed by atoms with Crippen molar-refractivity contribution >= 4 is 0 Å². The van der Waals surface area contributed by atoms with Gasteiger partial charge in [0.25, 0.3) is 0 Å². The van der Waals surface area contributed by atoms with E-state index in [0.29, 0.717) is 6.42 Å². The highest BCUT2D eigenvalue weighted by Gasteiger charge is 2.16. The molecule has 1 N–H and O–H groups in total. The van der Waals surface area contributed by atoms with Gasteiger partial charge in [-0.05, 0) is 43.7 Å². The van der Waals surface area contributed by atoms with E-state index in [1.54, 1.807) is 12.4 Å². The summed E-state index contributed by atoms with van der Waals surface area (Å²) < 4.78 is 15.4. The van der Waals surface area contributed by atoms with Crippen molar-refractivity contribution in [3.63, 3.8) is 0 Å². The van der Waals surface area contributed by atoms with E-state index in [2.05, 4.69) is 22.3 Å². The minimum absolute atomic E-state index is 0.0329. The van der Waals surface area contributed by atoms with Crippen LogP contribution in [0.3, 0.4) is 0 Å². The maximum absolute atomic E-state index is 13.5. The van der Waals surface area contributed by atoms with Gasteiger partial charge in [-0.2, -0.15) is 5.10 Å². The zero-order valence-electron chi connectivity index (χ0n) is 12.2. The lowest BCUT2D eigenvalue weighted by Gasteiger charge is -2.19. The fraction of sp³-hybridized carbons (Fsp3) is 0.467. The minimum atomic E-state index is -0.208. The number of nitrogens with one attached hydrogen (secondary N) is 1. The van der Waals surface area contributed by atoms with Crippen molar-refractivity contribution in [2.45, 2.75) is 39.3 Å². The molecule has 0 radical (unpaired) electrons. The molecule has 0 saturated carbocycles. The fourth-order valence-corrected chi connectivity index (χ4v) is 2.38. The highest BCUT2D eigenvalue weighted by Crippen LogP contribution is 2.22. The zero-order valence-corrected chi connectivity index (χ0v) is 12.2. The summed E-state index contributed by atoms with van der Waals surface area (Å²) in [5.41, 5.74) is 2.05. The number of nitrogens with zero attached hydrogens (tertiary/aromatic N) is 3. The topological polar surface area (TPSA) is 42.7 Å². The van der Waals surface area contributed by atoms with Gasteiger partial charge in [-0.3, -0.25) is 4.68 Å². The Morgan fingerprint density at radius 3 is 2.90 bits per heavy atom. The molecule has 1 atom stereocenters. The second-order valence-electron chi connectivity index (χ2n) is 4.95. The predicted octanol–water partition coefficient (Wildman–Crippen LogP) is 2.64. The van der Waals surface area contributed by atoms with Gasteiger partial charge in [0, 0.05) is 19.0 Å². The fourth-order valence-electron chi connectivity index (χ4n) is 2.38. The van der Waals surface area contributed by atoms with Gasteiger partial charge < -0.3 is 5.32 Å². The molecular formula is C15H21FN4. The molecule has 2 rings (SSSR count). The third-order valence-electron chi connectivity index (χ3n) is 3.48. The molecule has 0 bridgehead atoms. The highest BCUT2D eigenvalue weighted by molar-refractivity contribution is 5.30. The minimum Gasteiger partial charge on any atom is -0.313 e. The summed E-state index contributed by atoms with van der Waals surface area (Å²) in [6.07, 6.45) is 3.29. The Hall–Kier alpha value is -1.75. The van der Waals surface area contributed by atoms with Crippen molar-refractivity contribution in [3.8, 4) is 0 Å². The molecule has 0 aliphatic heterocycles. The Bertz CT molecular complexity index is 565. The van der Waals surface area contributed by atoms with Crippen LogP contribution in [0.15, 0.2) is 24.5 Å². The lowest BCUT2D eigenvalue weighted by atomic mass is 9.98. The van der Waals surface area contributed by atoms with E-state index in [1.165, 1.54) is 6.07 Å². The van der Waals surface area contributed by atoms with Crippen LogP contribution >= 0.6 is 0 Å². The molecule has 2 aromatic rings. The SMILES string of the molecule is CCCn1ncnc1CC(NC)c1cc(F)ccc1C. The Balaban J connectivity index is 2.24. The number of likely N-dealkylation sites (N-methyl/N-ethyl adjacent to an activating group) is 1. The summed E-state index contributed by atoms with van der Waals surface area (Å²) in [6.45, 7) is 4.96. The van der Waals surface area contributed by atoms with Crippen molar-refractivity contribution in [3.05, 3.63) is 47.3 Å². The normalized spacial score (nSPS) is 12.6. The predicted molar refractivity (Wildman–Crippen MR) is 77.0 cm³/mol. The van der Waals surface area contributed by atoms with Crippen molar-refractivity contribution < 1.29 is 4.39 Å². The molecule has 20 heavy (non-hydrogen) atoms. The van der Waals surface area contributed by atoms with Crippen LogP contribution in [-0.4, -0.2) is 21.8 Å². The molecule has 0 aliphatic carbocycles. The van der Waals surface area contributed by atoms with Crippen LogP contribution in [0.5, 0.6) is 0 Å². The summed E-state index contributed by atoms with van der Waals surface area (Å²) in [5, 5.41) is 7.48. The average Bonchev–Trinajstić information content (AvgIpc) is 2.87. The third kappa shape index (κ3) is 3.22. The Kier molecular flexibility index (Phi) is 4.84. The van der Waals surface area contributed by atoms with Gasteiger partial charge >= 0.3 is 0 Å². The van der Waals surface area contributed by atoms with Gasteiger partial charge in [0.2, 0.25) is 0 Å². The van der Waals surface area contributed by atoms with Crippen LogP contribution < -0.4 is 5.32 Å². The second kappa shape index (κ2) is 6.61. The molecule has 0 amide bonds. The molecule has 108 valence electrons. The lowest BCUT2D eigenvalue weighted by Crippen LogP contribution is -2.22. The first-order valence-electron chi connectivity index (χ1n) is 6.95. The Labute approximate surface area is 119 Å². The monoisotopic (exact) mass is 276 g/mol. The largest absolute Gasteiger partial charge is 0.313 e. The van der Waals surface area contributed by atoms with E-state index in [-0.39, 0.29) is 11.9 Å². The Morgan fingerprint density at radius 1 is 1.40 bits per heavy atom. The molecule has 0 fully saturated rings. The maximum Gasteiger partial charge on any atom is 0.138 e.